The Kier molecular flexibility index (Phi) is 6.95. The van der Waals surface area contributed by atoms with E-state index in [2.05, 4.69) is 17.1 Å². The first-order valence-corrected chi connectivity index (χ1v) is 12.6. The quantitative estimate of drug-likeness (QED) is 0.651. The molecule has 9 heteroatoms. The molecule has 30 heavy (non-hydrogen) atoms. The molecular formula is C21H26N2O5S2. The Morgan fingerprint density at radius 2 is 1.97 bits per heavy atom. The normalized spacial score (nSPS) is 14.2. The Balaban J connectivity index is 1.98. The lowest BCUT2D eigenvalue weighted by atomic mass is 10.0. The summed E-state index contributed by atoms with van der Waals surface area (Å²) in [5.74, 6) is -1.03. The summed E-state index contributed by atoms with van der Waals surface area (Å²) in [6.45, 7) is 6.62. The average Bonchev–Trinajstić information content (AvgIpc) is 3.04. The van der Waals surface area contributed by atoms with Gasteiger partial charge in [-0.05, 0) is 44.0 Å². The molecule has 1 aromatic heterocycles. The van der Waals surface area contributed by atoms with Gasteiger partial charge in [0.2, 0.25) is 0 Å². The van der Waals surface area contributed by atoms with Crippen LogP contribution in [0, 0.1) is 0 Å². The predicted octanol–water partition coefficient (Wildman–Crippen LogP) is 3.35. The van der Waals surface area contributed by atoms with Crippen molar-refractivity contribution >= 4 is 38.1 Å². The molecule has 0 bridgehead atoms. The van der Waals surface area contributed by atoms with Gasteiger partial charge in [0, 0.05) is 24.2 Å². The maximum Gasteiger partial charge on any atom is 0.341 e. The second-order valence-corrected chi connectivity index (χ2v) is 10.3. The van der Waals surface area contributed by atoms with E-state index >= 15 is 0 Å². The number of sulfone groups is 1. The van der Waals surface area contributed by atoms with Gasteiger partial charge in [0.25, 0.3) is 5.91 Å². The number of esters is 1. The zero-order valence-electron chi connectivity index (χ0n) is 17.4. The van der Waals surface area contributed by atoms with Crippen LogP contribution >= 0.6 is 11.3 Å². The Morgan fingerprint density at radius 3 is 2.63 bits per heavy atom. The lowest BCUT2D eigenvalue weighted by molar-refractivity contribution is 0.0526. The predicted molar refractivity (Wildman–Crippen MR) is 117 cm³/mol. The average molecular weight is 451 g/mol. The van der Waals surface area contributed by atoms with Crippen LogP contribution in [0.4, 0.5) is 5.00 Å². The van der Waals surface area contributed by atoms with Crippen LogP contribution < -0.4 is 5.32 Å². The van der Waals surface area contributed by atoms with Crippen LogP contribution in [-0.2, 0) is 27.5 Å². The zero-order chi connectivity index (χ0) is 21.9. The fraction of sp³-hybridized carbons (Fsp3) is 0.429. The number of thiophene rings is 1. The number of ether oxygens (including phenoxy) is 1. The van der Waals surface area contributed by atoms with Gasteiger partial charge < -0.3 is 10.1 Å². The van der Waals surface area contributed by atoms with E-state index in [1.54, 1.807) is 19.1 Å². The molecule has 3 rings (SSSR count). The summed E-state index contributed by atoms with van der Waals surface area (Å²) in [7, 11) is -3.58. The van der Waals surface area contributed by atoms with Crippen molar-refractivity contribution in [2.75, 3.05) is 31.3 Å². The molecule has 0 spiro atoms. The molecule has 7 nitrogen and oxygen atoms in total. The van der Waals surface area contributed by atoms with Gasteiger partial charge in [0.1, 0.15) is 5.00 Å². The lowest BCUT2D eigenvalue weighted by Gasteiger charge is -2.26. The van der Waals surface area contributed by atoms with Gasteiger partial charge in [0.15, 0.2) is 9.84 Å². The lowest BCUT2D eigenvalue weighted by Crippen LogP contribution is -2.30. The van der Waals surface area contributed by atoms with E-state index in [0.29, 0.717) is 17.0 Å². The summed E-state index contributed by atoms with van der Waals surface area (Å²) in [5.41, 5.74) is 1.35. The number of carbonyl (C=O) groups is 2. The van der Waals surface area contributed by atoms with Gasteiger partial charge in [-0.15, -0.1) is 11.3 Å². The second-order valence-electron chi connectivity index (χ2n) is 7.18. The number of hydrogen-bond acceptors (Lipinski definition) is 7. The third-order valence-electron chi connectivity index (χ3n) is 4.91. The van der Waals surface area contributed by atoms with Crippen molar-refractivity contribution in [2.45, 2.75) is 38.1 Å². The SMILES string of the molecule is CCCN1CCc2c(sc(NC(=O)c3ccccc3S(C)(=O)=O)c2C(=O)OCC)C1. The second kappa shape index (κ2) is 9.28. The highest BCUT2D eigenvalue weighted by Gasteiger charge is 2.30. The van der Waals surface area contributed by atoms with Crippen molar-refractivity contribution < 1.29 is 22.7 Å². The van der Waals surface area contributed by atoms with E-state index in [4.69, 9.17) is 4.74 Å². The summed E-state index contributed by atoms with van der Waals surface area (Å²) in [6.07, 6.45) is 2.81. The molecular weight excluding hydrogens is 424 g/mol. The minimum atomic E-state index is -3.58. The number of carbonyl (C=O) groups excluding carboxylic acids is 2. The third-order valence-corrected chi connectivity index (χ3v) is 7.20. The van der Waals surface area contributed by atoms with Crippen LogP contribution in [0.1, 0.15) is 51.4 Å². The monoisotopic (exact) mass is 450 g/mol. The number of benzene rings is 1. The standard InChI is InChI=1S/C21H26N2O5S2/c1-4-11-23-12-10-14-16(13-23)29-20(18(14)21(25)28-5-2)22-19(24)15-8-6-7-9-17(15)30(3,26)27/h6-9H,4-5,10-13H2,1-3H3,(H,22,24). The van der Waals surface area contributed by atoms with Gasteiger partial charge in [-0.2, -0.15) is 0 Å². The van der Waals surface area contributed by atoms with E-state index in [1.165, 1.54) is 23.5 Å². The molecule has 1 N–H and O–H groups in total. The zero-order valence-corrected chi connectivity index (χ0v) is 19.0. The maximum absolute atomic E-state index is 13.0. The topological polar surface area (TPSA) is 92.8 Å². The summed E-state index contributed by atoms with van der Waals surface area (Å²) in [4.78, 5) is 28.9. The number of anilines is 1. The number of amides is 1. The molecule has 1 aliphatic heterocycles. The van der Waals surface area contributed by atoms with E-state index in [0.717, 1.165) is 42.8 Å². The largest absolute Gasteiger partial charge is 0.462 e. The fourth-order valence-corrected chi connectivity index (χ4v) is 5.78. The molecule has 0 saturated heterocycles. The molecule has 2 heterocycles. The van der Waals surface area contributed by atoms with Crippen LogP contribution in [-0.4, -0.2) is 51.1 Å². The number of hydrogen-bond donors (Lipinski definition) is 1. The van der Waals surface area contributed by atoms with Crippen molar-refractivity contribution in [1.29, 1.82) is 0 Å². The molecule has 1 amide bonds. The van der Waals surface area contributed by atoms with Gasteiger partial charge in [-0.25, -0.2) is 13.2 Å². The highest BCUT2D eigenvalue weighted by atomic mass is 32.2. The molecule has 0 aliphatic carbocycles. The van der Waals surface area contributed by atoms with Gasteiger partial charge in [-0.1, -0.05) is 19.1 Å². The Bertz CT molecular complexity index is 1060. The van der Waals surface area contributed by atoms with Crippen LogP contribution in [0.25, 0.3) is 0 Å². The third kappa shape index (κ3) is 4.74. The number of nitrogens with zero attached hydrogens (tertiary/aromatic N) is 1. The molecule has 0 atom stereocenters. The number of nitrogens with one attached hydrogen (secondary N) is 1. The van der Waals surface area contributed by atoms with Gasteiger partial charge >= 0.3 is 5.97 Å². The van der Waals surface area contributed by atoms with Crippen LogP contribution in [0.2, 0.25) is 0 Å². The Hall–Kier alpha value is -2.23. The highest BCUT2D eigenvalue weighted by molar-refractivity contribution is 7.90. The summed E-state index contributed by atoms with van der Waals surface area (Å²) in [5, 5.41) is 3.19. The molecule has 1 aliphatic rings. The first-order chi connectivity index (χ1) is 14.3. The molecule has 0 fully saturated rings. The van der Waals surface area contributed by atoms with Crippen LogP contribution in [0.5, 0.6) is 0 Å². The van der Waals surface area contributed by atoms with E-state index in [9.17, 15) is 18.0 Å². The minimum Gasteiger partial charge on any atom is -0.462 e. The molecule has 162 valence electrons. The highest BCUT2D eigenvalue weighted by Crippen LogP contribution is 2.38. The summed E-state index contributed by atoms with van der Waals surface area (Å²) < 4.78 is 29.4. The molecule has 1 aromatic carbocycles. The van der Waals surface area contributed by atoms with Crippen molar-refractivity contribution in [3.8, 4) is 0 Å². The van der Waals surface area contributed by atoms with Crippen LogP contribution in [0.3, 0.4) is 0 Å². The number of rotatable bonds is 7. The van der Waals surface area contributed by atoms with Crippen molar-refractivity contribution in [3.05, 3.63) is 45.8 Å². The van der Waals surface area contributed by atoms with E-state index in [-0.39, 0.29) is 17.1 Å². The summed E-state index contributed by atoms with van der Waals surface area (Å²) >= 11 is 1.36. The molecule has 2 aromatic rings. The van der Waals surface area contributed by atoms with Crippen molar-refractivity contribution in [1.82, 2.24) is 4.90 Å². The molecule has 0 saturated carbocycles. The Labute approximate surface area is 181 Å². The number of fused-ring (bicyclic) bond motifs is 1. The van der Waals surface area contributed by atoms with E-state index in [1.807, 2.05) is 0 Å². The van der Waals surface area contributed by atoms with E-state index < -0.39 is 21.7 Å². The minimum absolute atomic E-state index is 0.0457. The van der Waals surface area contributed by atoms with Crippen LogP contribution in [0.15, 0.2) is 29.2 Å². The maximum atomic E-state index is 13.0. The van der Waals surface area contributed by atoms with Crippen molar-refractivity contribution in [3.63, 3.8) is 0 Å². The van der Waals surface area contributed by atoms with Gasteiger partial charge in [0.05, 0.1) is 22.6 Å². The van der Waals surface area contributed by atoms with Crippen molar-refractivity contribution in [2.24, 2.45) is 0 Å². The smallest absolute Gasteiger partial charge is 0.341 e. The molecule has 0 unspecified atom stereocenters. The Morgan fingerprint density at radius 1 is 1.23 bits per heavy atom. The summed E-state index contributed by atoms with van der Waals surface area (Å²) in [6, 6.07) is 6.05. The first kappa shape index (κ1) is 22.5. The van der Waals surface area contributed by atoms with Gasteiger partial charge in [-0.3, -0.25) is 9.69 Å². The molecule has 0 radical (unpaired) electrons. The fourth-order valence-electron chi connectivity index (χ4n) is 3.62. The first-order valence-electron chi connectivity index (χ1n) is 9.90.